The van der Waals surface area contributed by atoms with Crippen molar-refractivity contribution in [2.24, 2.45) is 5.92 Å². The zero-order chi connectivity index (χ0) is 7.40. The average molecular weight is 406 g/mol. The number of rotatable bonds is 1. The predicted octanol–water partition coefficient (Wildman–Crippen LogP) is 3.56. The molecule has 1 aliphatic carbocycles. The van der Waals surface area contributed by atoms with Gasteiger partial charge in [-0.2, -0.15) is 18.8 Å². The van der Waals surface area contributed by atoms with Crippen LogP contribution in [0.2, 0.25) is 0 Å². The van der Waals surface area contributed by atoms with E-state index in [1.54, 1.807) is 0 Å². The number of hydrogen-bond donors (Lipinski definition) is 0. The Kier molecular flexibility index (Phi) is 22.2. The Balaban J connectivity index is -0.000000333. The molecule has 1 rings (SSSR count). The van der Waals surface area contributed by atoms with Crippen LogP contribution in [0.4, 0.5) is 0 Å². The van der Waals surface area contributed by atoms with Crippen LogP contribution in [0.1, 0.15) is 52.4 Å². The Bertz CT molecular complexity index is 86.2. The van der Waals surface area contributed by atoms with Crippen molar-refractivity contribution < 1.29 is 98.1 Å². The molecule has 1 fully saturated rings. The molecule has 0 saturated heterocycles. The maximum absolute atomic E-state index is 2.33. The summed E-state index contributed by atoms with van der Waals surface area (Å²) < 4.78 is 0. The molecule has 0 amide bonds. The van der Waals surface area contributed by atoms with E-state index in [2.05, 4.69) is 13.8 Å². The summed E-state index contributed by atoms with van der Waals surface area (Å²) in [6.07, 6.45) is 8.67. The van der Waals surface area contributed by atoms with E-state index in [4.69, 9.17) is 0 Å². The first kappa shape index (κ1) is 21.6. The van der Waals surface area contributed by atoms with E-state index in [9.17, 15) is 0 Å². The minimum Gasteiger partial charge on any atom is -0.311 e. The molecule has 1 saturated carbocycles. The molecule has 69 valence electrons. The van der Waals surface area contributed by atoms with E-state index in [1.165, 1.54) is 38.5 Å². The van der Waals surface area contributed by atoms with Gasteiger partial charge in [-0.25, -0.2) is 0 Å². The molecule has 0 aromatic carbocycles. The predicted molar refractivity (Wildman–Crippen MR) is 45.8 cm³/mol. The van der Waals surface area contributed by atoms with Gasteiger partial charge in [0, 0.05) is 98.1 Å². The topological polar surface area (TPSA) is 0 Å². The van der Waals surface area contributed by atoms with Crippen molar-refractivity contribution in [3.05, 3.63) is 5.92 Å². The van der Waals surface area contributed by atoms with Gasteiger partial charge < -0.3 is 5.92 Å². The molecule has 0 nitrogen and oxygen atoms in total. The van der Waals surface area contributed by atoms with Crippen LogP contribution >= 0.6 is 0 Å². The molecule has 0 bridgehead atoms. The van der Waals surface area contributed by atoms with Gasteiger partial charge >= 0.3 is 0 Å². The first-order valence-corrected chi connectivity index (χ1v) is 4.65. The standard InChI is InChI=1S/C10H19.3Y/c1-9(2)10-7-5-3-4-6-8-10;;;/h9H,3-8H2,1-2H3;;;/q-1;;;. The molecule has 13 heavy (non-hydrogen) atoms. The van der Waals surface area contributed by atoms with Crippen LogP contribution in [-0.4, -0.2) is 0 Å². The monoisotopic (exact) mass is 406 g/mol. The summed E-state index contributed by atoms with van der Waals surface area (Å²) in [5.74, 6) is 2.66. The molecule has 0 spiro atoms. The van der Waals surface area contributed by atoms with Crippen LogP contribution in [0.3, 0.4) is 0 Å². The maximum Gasteiger partial charge on any atom is 0 e. The molecule has 0 aromatic rings. The van der Waals surface area contributed by atoms with Gasteiger partial charge in [-0.05, 0) is 0 Å². The third-order valence-electron chi connectivity index (χ3n) is 2.56. The molecule has 3 radical (unpaired) electrons. The second kappa shape index (κ2) is 13.4. The summed E-state index contributed by atoms with van der Waals surface area (Å²) in [5, 5.41) is 0. The minimum absolute atomic E-state index is 0. The molecule has 0 heterocycles. The molecule has 0 aromatic heterocycles. The molecule has 1 aliphatic rings. The number of hydrogen-bond acceptors (Lipinski definition) is 0. The second-order valence-electron chi connectivity index (χ2n) is 3.73. The third kappa shape index (κ3) is 10.2. The van der Waals surface area contributed by atoms with Gasteiger partial charge in [-0.1, -0.05) is 39.5 Å². The summed E-state index contributed by atoms with van der Waals surface area (Å²) in [4.78, 5) is 0. The summed E-state index contributed by atoms with van der Waals surface area (Å²) in [6, 6.07) is 0. The van der Waals surface area contributed by atoms with Crippen molar-refractivity contribution in [1.82, 2.24) is 0 Å². The summed E-state index contributed by atoms with van der Waals surface area (Å²) in [7, 11) is 0. The van der Waals surface area contributed by atoms with Crippen LogP contribution in [0.25, 0.3) is 0 Å². The smallest absolute Gasteiger partial charge is 0 e. The van der Waals surface area contributed by atoms with Crippen molar-refractivity contribution in [2.75, 3.05) is 0 Å². The Morgan fingerprint density at radius 3 is 1.46 bits per heavy atom. The van der Waals surface area contributed by atoms with E-state index in [1.807, 2.05) is 5.92 Å². The maximum atomic E-state index is 2.33. The van der Waals surface area contributed by atoms with E-state index in [0.29, 0.717) is 0 Å². The molecule has 0 N–H and O–H groups in total. The Hall–Kier alpha value is 3.31. The molecule has 0 atom stereocenters. The van der Waals surface area contributed by atoms with E-state index in [0.717, 1.165) is 5.92 Å². The van der Waals surface area contributed by atoms with Gasteiger partial charge in [0.25, 0.3) is 0 Å². The Morgan fingerprint density at radius 2 is 1.15 bits per heavy atom. The zero-order valence-electron chi connectivity index (χ0n) is 9.05. The van der Waals surface area contributed by atoms with Crippen LogP contribution in [0.5, 0.6) is 0 Å². The van der Waals surface area contributed by atoms with Gasteiger partial charge in [-0.3, -0.25) is 0 Å². The first-order valence-electron chi connectivity index (χ1n) is 4.65. The van der Waals surface area contributed by atoms with E-state index >= 15 is 0 Å². The fraction of sp³-hybridized carbons (Fsp3) is 0.900. The second-order valence-corrected chi connectivity index (χ2v) is 3.73. The summed E-state index contributed by atoms with van der Waals surface area (Å²) >= 11 is 0. The van der Waals surface area contributed by atoms with E-state index < -0.39 is 0 Å². The average Bonchev–Trinajstić information content (AvgIpc) is 2.12. The van der Waals surface area contributed by atoms with Gasteiger partial charge in [0.1, 0.15) is 0 Å². The normalized spacial score (nSPS) is 17.8. The van der Waals surface area contributed by atoms with Crippen molar-refractivity contribution in [3.8, 4) is 0 Å². The molecular formula is C10H19Y3-. The van der Waals surface area contributed by atoms with E-state index in [-0.39, 0.29) is 98.1 Å². The Morgan fingerprint density at radius 1 is 0.769 bits per heavy atom. The Labute approximate surface area is 159 Å². The first-order chi connectivity index (χ1) is 4.80. The van der Waals surface area contributed by atoms with Gasteiger partial charge in [0.05, 0.1) is 0 Å². The molecular weight excluding hydrogens is 387 g/mol. The van der Waals surface area contributed by atoms with Gasteiger partial charge in [0.2, 0.25) is 0 Å². The van der Waals surface area contributed by atoms with Crippen molar-refractivity contribution in [3.63, 3.8) is 0 Å². The third-order valence-corrected chi connectivity index (χ3v) is 2.56. The fourth-order valence-electron chi connectivity index (χ4n) is 1.76. The minimum atomic E-state index is 0. The summed E-state index contributed by atoms with van der Waals surface area (Å²) in [6.45, 7) is 4.67. The quantitative estimate of drug-likeness (QED) is 0.462. The van der Waals surface area contributed by atoms with Crippen LogP contribution in [0, 0.1) is 11.8 Å². The van der Waals surface area contributed by atoms with Crippen LogP contribution < -0.4 is 0 Å². The van der Waals surface area contributed by atoms with Crippen molar-refractivity contribution >= 4 is 0 Å². The van der Waals surface area contributed by atoms with Gasteiger partial charge in [0.15, 0.2) is 0 Å². The van der Waals surface area contributed by atoms with Gasteiger partial charge in [-0.15, -0.1) is 0 Å². The van der Waals surface area contributed by atoms with Crippen molar-refractivity contribution in [1.29, 1.82) is 0 Å². The summed E-state index contributed by atoms with van der Waals surface area (Å²) in [5.41, 5.74) is 0. The molecule has 0 unspecified atom stereocenters. The molecule has 3 heteroatoms. The molecule has 0 aliphatic heterocycles. The zero-order valence-corrected chi connectivity index (χ0v) is 17.6. The largest absolute Gasteiger partial charge is 0.311 e. The van der Waals surface area contributed by atoms with Crippen LogP contribution in [-0.2, 0) is 98.1 Å². The van der Waals surface area contributed by atoms with Crippen molar-refractivity contribution in [2.45, 2.75) is 52.4 Å². The fourth-order valence-corrected chi connectivity index (χ4v) is 1.76. The van der Waals surface area contributed by atoms with Crippen LogP contribution in [0.15, 0.2) is 0 Å². The SMILES string of the molecule is CC(C)[C-]1CCCCCC1.[Y].[Y].[Y].